The predicted molar refractivity (Wildman–Crippen MR) is 46.1 cm³/mol. The Bertz CT molecular complexity index is 129. The van der Waals surface area contributed by atoms with E-state index in [1.54, 1.807) is 0 Å². The van der Waals surface area contributed by atoms with Gasteiger partial charge in [-0.05, 0) is 13.0 Å². The number of hydrogen-bond donors (Lipinski definition) is 2. The molecule has 0 aliphatic carbocycles. The van der Waals surface area contributed by atoms with Crippen LogP contribution in [0.1, 0.15) is 6.42 Å². The first-order valence-corrected chi connectivity index (χ1v) is 4.60. The van der Waals surface area contributed by atoms with Gasteiger partial charge in [0.15, 0.2) is 0 Å². The molecule has 0 amide bonds. The summed E-state index contributed by atoms with van der Waals surface area (Å²) < 4.78 is 28.8. The molecule has 0 bridgehead atoms. The van der Waals surface area contributed by atoms with Crippen LogP contribution >= 0.6 is 0 Å². The highest BCUT2D eigenvalue weighted by molar-refractivity contribution is 4.68. The molecule has 3 nitrogen and oxygen atoms in total. The lowest BCUT2D eigenvalue weighted by molar-refractivity contribution is 0.0231. The molecule has 0 aromatic heterocycles. The van der Waals surface area contributed by atoms with E-state index >= 15 is 0 Å². The maximum Gasteiger partial charge on any atom is 0.250 e. The third-order valence-corrected chi connectivity index (χ3v) is 1.95. The third-order valence-electron chi connectivity index (χ3n) is 1.95. The fourth-order valence-electron chi connectivity index (χ4n) is 1.28. The van der Waals surface area contributed by atoms with Crippen LogP contribution in [0.3, 0.4) is 0 Å². The summed E-state index contributed by atoms with van der Waals surface area (Å²) in [5.41, 5.74) is 0. The molecule has 5 heteroatoms. The molecule has 1 heterocycles. The van der Waals surface area contributed by atoms with Crippen molar-refractivity contribution in [3.05, 3.63) is 0 Å². The molecule has 0 radical (unpaired) electrons. The Labute approximate surface area is 76.8 Å². The molecular formula is C8H16F2N2O. The first-order chi connectivity index (χ1) is 6.29. The average Bonchev–Trinajstić information content (AvgIpc) is 2.14. The Hall–Kier alpha value is -0.260. The fourth-order valence-corrected chi connectivity index (χ4v) is 1.28. The summed E-state index contributed by atoms with van der Waals surface area (Å²) in [6.45, 7) is 2.81. The second-order valence-electron chi connectivity index (χ2n) is 3.08. The molecule has 1 atom stereocenters. The molecule has 0 aromatic carbocycles. The molecule has 0 spiro atoms. The lowest BCUT2D eigenvalue weighted by Crippen LogP contribution is -2.40. The number of morpholine rings is 1. The van der Waals surface area contributed by atoms with Crippen molar-refractivity contribution in [2.45, 2.75) is 19.0 Å². The van der Waals surface area contributed by atoms with E-state index in [1.165, 1.54) is 0 Å². The first-order valence-electron chi connectivity index (χ1n) is 4.60. The van der Waals surface area contributed by atoms with Gasteiger partial charge in [0.05, 0.1) is 19.3 Å². The molecule has 1 unspecified atom stereocenters. The highest BCUT2D eigenvalue weighted by Crippen LogP contribution is 2.00. The molecule has 0 aromatic rings. The minimum atomic E-state index is -2.26. The zero-order valence-corrected chi connectivity index (χ0v) is 7.56. The van der Waals surface area contributed by atoms with E-state index in [1.807, 2.05) is 0 Å². The van der Waals surface area contributed by atoms with Crippen LogP contribution in [0.25, 0.3) is 0 Å². The summed E-state index contributed by atoms with van der Waals surface area (Å²) in [5.74, 6) is 0. The van der Waals surface area contributed by atoms with Crippen LogP contribution in [-0.4, -0.2) is 45.3 Å². The van der Waals surface area contributed by atoms with Crippen molar-refractivity contribution in [1.82, 2.24) is 10.6 Å². The zero-order valence-electron chi connectivity index (χ0n) is 7.56. The van der Waals surface area contributed by atoms with E-state index < -0.39 is 6.43 Å². The van der Waals surface area contributed by atoms with E-state index in [4.69, 9.17) is 4.74 Å². The normalized spacial score (nSPS) is 23.8. The third kappa shape index (κ3) is 5.13. The molecule has 1 saturated heterocycles. The lowest BCUT2D eigenvalue weighted by atomic mass is 10.2. The van der Waals surface area contributed by atoms with Crippen LogP contribution in [-0.2, 0) is 4.74 Å². The standard InChI is InChI=1S/C8H16F2N2O/c9-8(10)6-11-2-1-7-5-12-3-4-13-7/h7-8,11-12H,1-6H2. The summed E-state index contributed by atoms with van der Waals surface area (Å²) in [4.78, 5) is 0. The quantitative estimate of drug-likeness (QED) is 0.614. The number of alkyl halides is 2. The van der Waals surface area contributed by atoms with E-state index in [2.05, 4.69) is 10.6 Å². The van der Waals surface area contributed by atoms with Crippen molar-refractivity contribution >= 4 is 0 Å². The summed E-state index contributed by atoms with van der Waals surface area (Å²) in [7, 11) is 0. The van der Waals surface area contributed by atoms with Crippen molar-refractivity contribution in [1.29, 1.82) is 0 Å². The van der Waals surface area contributed by atoms with Gasteiger partial charge in [-0.1, -0.05) is 0 Å². The van der Waals surface area contributed by atoms with Gasteiger partial charge >= 0.3 is 0 Å². The largest absolute Gasteiger partial charge is 0.376 e. The van der Waals surface area contributed by atoms with Crippen molar-refractivity contribution in [2.24, 2.45) is 0 Å². The minimum absolute atomic E-state index is 0.180. The van der Waals surface area contributed by atoms with Crippen molar-refractivity contribution in [3.63, 3.8) is 0 Å². The van der Waals surface area contributed by atoms with E-state index in [9.17, 15) is 8.78 Å². The molecule has 1 aliphatic rings. The van der Waals surface area contributed by atoms with Gasteiger partial charge in [0.2, 0.25) is 0 Å². The van der Waals surface area contributed by atoms with Crippen molar-refractivity contribution in [2.75, 3.05) is 32.8 Å². The number of rotatable bonds is 5. The molecular weight excluding hydrogens is 178 g/mol. The van der Waals surface area contributed by atoms with Crippen LogP contribution < -0.4 is 10.6 Å². The van der Waals surface area contributed by atoms with Crippen LogP contribution in [0.4, 0.5) is 8.78 Å². The van der Waals surface area contributed by atoms with Gasteiger partial charge in [0, 0.05) is 13.1 Å². The zero-order chi connectivity index (χ0) is 9.52. The summed E-state index contributed by atoms with van der Waals surface area (Å²) in [6, 6.07) is 0. The van der Waals surface area contributed by atoms with Gasteiger partial charge in [0.1, 0.15) is 0 Å². The van der Waals surface area contributed by atoms with E-state index in [-0.39, 0.29) is 12.6 Å². The average molecular weight is 194 g/mol. The van der Waals surface area contributed by atoms with Gasteiger partial charge in [-0.2, -0.15) is 0 Å². The Morgan fingerprint density at radius 1 is 1.54 bits per heavy atom. The second kappa shape index (κ2) is 6.23. The fraction of sp³-hybridized carbons (Fsp3) is 1.00. The van der Waals surface area contributed by atoms with E-state index in [0.717, 1.165) is 26.1 Å². The van der Waals surface area contributed by atoms with Crippen molar-refractivity contribution in [3.8, 4) is 0 Å². The number of nitrogens with one attached hydrogen (secondary N) is 2. The topological polar surface area (TPSA) is 33.3 Å². The second-order valence-corrected chi connectivity index (χ2v) is 3.08. The van der Waals surface area contributed by atoms with Gasteiger partial charge in [-0.3, -0.25) is 0 Å². The Morgan fingerprint density at radius 2 is 2.38 bits per heavy atom. The molecule has 0 saturated carbocycles. The first kappa shape index (κ1) is 10.8. The maximum absolute atomic E-state index is 11.7. The van der Waals surface area contributed by atoms with Gasteiger partial charge in [0.25, 0.3) is 6.43 Å². The minimum Gasteiger partial charge on any atom is -0.376 e. The monoisotopic (exact) mass is 194 g/mol. The highest BCUT2D eigenvalue weighted by atomic mass is 19.3. The highest BCUT2D eigenvalue weighted by Gasteiger charge is 2.12. The smallest absolute Gasteiger partial charge is 0.250 e. The van der Waals surface area contributed by atoms with Gasteiger partial charge in [-0.15, -0.1) is 0 Å². The van der Waals surface area contributed by atoms with Crippen LogP contribution in [0.15, 0.2) is 0 Å². The SMILES string of the molecule is FC(F)CNCCC1CNCCO1. The van der Waals surface area contributed by atoms with Gasteiger partial charge in [-0.25, -0.2) is 8.78 Å². The Morgan fingerprint density at radius 3 is 3.00 bits per heavy atom. The Kier molecular flexibility index (Phi) is 5.19. The number of hydrogen-bond acceptors (Lipinski definition) is 3. The molecule has 2 N–H and O–H groups in total. The number of ether oxygens (including phenoxy) is 1. The predicted octanol–water partition coefficient (Wildman–Crippen LogP) is 0.220. The summed E-state index contributed by atoms with van der Waals surface area (Å²) >= 11 is 0. The summed E-state index contributed by atoms with van der Waals surface area (Å²) in [6.07, 6.45) is -1.29. The molecule has 1 aliphatic heterocycles. The van der Waals surface area contributed by atoms with Crippen LogP contribution in [0.5, 0.6) is 0 Å². The molecule has 78 valence electrons. The van der Waals surface area contributed by atoms with Crippen LogP contribution in [0, 0.1) is 0 Å². The molecule has 13 heavy (non-hydrogen) atoms. The van der Waals surface area contributed by atoms with Crippen LogP contribution in [0.2, 0.25) is 0 Å². The molecule has 1 rings (SSSR count). The number of halogens is 2. The van der Waals surface area contributed by atoms with Crippen molar-refractivity contribution < 1.29 is 13.5 Å². The maximum atomic E-state index is 11.7. The van der Waals surface area contributed by atoms with E-state index in [0.29, 0.717) is 6.54 Å². The lowest BCUT2D eigenvalue weighted by Gasteiger charge is -2.23. The van der Waals surface area contributed by atoms with Gasteiger partial charge < -0.3 is 15.4 Å². The summed E-state index contributed by atoms with van der Waals surface area (Å²) in [5, 5.41) is 5.86. The molecule has 1 fully saturated rings. The Balaban J connectivity index is 1.92.